The average molecular weight is 250 g/mol. The molecule has 0 amide bonds. The van der Waals surface area contributed by atoms with Crippen molar-refractivity contribution < 1.29 is 9.47 Å². The Morgan fingerprint density at radius 2 is 2.06 bits per heavy atom. The van der Waals surface area contributed by atoms with E-state index >= 15 is 0 Å². The minimum Gasteiger partial charge on any atom is -0.383 e. The lowest BCUT2D eigenvalue weighted by Crippen LogP contribution is -2.43. The summed E-state index contributed by atoms with van der Waals surface area (Å²) in [5, 5.41) is 3.49. The molecular formula is C14H22N2O2. The molecule has 1 aromatic rings. The van der Waals surface area contributed by atoms with Crippen LogP contribution in [0.4, 0.5) is 0 Å². The molecule has 1 fully saturated rings. The fourth-order valence-corrected chi connectivity index (χ4v) is 2.54. The average Bonchev–Trinajstić information content (AvgIpc) is 2.46. The Morgan fingerprint density at radius 3 is 2.72 bits per heavy atom. The van der Waals surface area contributed by atoms with Crippen molar-refractivity contribution in [1.29, 1.82) is 0 Å². The van der Waals surface area contributed by atoms with Gasteiger partial charge in [-0.15, -0.1) is 0 Å². The number of hydrogen-bond donors (Lipinski definition) is 1. The lowest BCUT2D eigenvalue weighted by molar-refractivity contribution is 0.0492. The van der Waals surface area contributed by atoms with Gasteiger partial charge in [-0.05, 0) is 30.5 Å². The zero-order chi connectivity index (χ0) is 12.7. The zero-order valence-corrected chi connectivity index (χ0v) is 11.0. The lowest BCUT2D eigenvalue weighted by atomic mass is 9.74. The Bertz CT molecular complexity index is 337. The monoisotopic (exact) mass is 250 g/mol. The molecule has 0 aromatic carbocycles. The molecule has 0 atom stereocenters. The molecule has 4 heteroatoms. The fourth-order valence-electron chi connectivity index (χ4n) is 2.54. The first kappa shape index (κ1) is 13.5. The second-order valence-electron chi connectivity index (χ2n) is 4.80. The quantitative estimate of drug-likeness (QED) is 0.774. The normalized spacial score (nSPS) is 18.7. The number of ether oxygens (including phenoxy) is 2. The van der Waals surface area contributed by atoms with Crippen LogP contribution < -0.4 is 5.32 Å². The second kappa shape index (κ2) is 6.83. The van der Waals surface area contributed by atoms with Gasteiger partial charge in [0.05, 0.1) is 6.61 Å². The summed E-state index contributed by atoms with van der Waals surface area (Å²) in [5.74, 6) is 0. The van der Waals surface area contributed by atoms with Crippen molar-refractivity contribution in [3.63, 3.8) is 0 Å². The van der Waals surface area contributed by atoms with Gasteiger partial charge in [-0.2, -0.15) is 0 Å². The smallest absolute Gasteiger partial charge is 0.0587 e. The molecule has 1 saturated heterocycles. The van der Waals surface area contributed by atoms with Gasteiger partial charge in [-0.3, -0.25) is 4.98 Å². The fraction of sp³-hybridized carbons (Fsp3) is 0.643. The van der Waals surface area contributed by atoms with Gasteiger partial charge < -0.3 is 14.8 Å². The molecule has 1 aliphatic rings. The Morgan fingerprint density at radius 1 is 1.33 bits per heavy atom. The van der Waals surface area contributed by atoms with Crippen LogP contribution >= 0.6 is 0 Å². The highest BCUT2D eigenvalue weighted by Crippen LogP contribution is 2.33. The standard InChI is InChI=1S/C14H22N2O2/c1-17-11-8-16-12-14(4-9-18-10-5-14)13-2-6-15-7-3-13/h2-3,6-7,16H,4-5,8-12H2,1H3. The van der Waals surface area contributed by atoms with Crippen molar-refractivity contribution in [3.05, 3.63) is 30.1 Å². The molecule has 0 bridgehead atoms. The van der Waals surface area contributed by atoms with Crippen LogP contribution in [0.25, 0.3) is 0 Å². The highest BCUT2D eigenvalue weighted by molar-refractivity contribution is 5.24. The van der Waals surface area contributed by atoms with E-state index in [2.05, 4.69) is 22.4 Å². The third-order valence-corrected chi connectivity index (χ3v) is 3.69. The van der Waals surface area contributed by atoms with Crippen LogP contribution in [0, 0.1) is 0 Å². The van der Waals surface area contributed by atoms with Crippen molar-refractivity contribution in [2.45, 2.75) is 18.3 Å². The maximum absolute atomic E-state index is 5.51. The molecule has 1 aliphatic heterocycles. The first-order valence-electron chi connectivity index (χ1n) is 6.55. The summed E-state index contributed by atoms with van der Waals surface area (Å²) in [6.45, 7) is 4.30. The summed E-state index contributed by atoms with van der Waals surface area (Å²) >= 11 is 0. The first-order valence-corrected chi connectivity index (χ1v) is 6.55. The molecule has 0 saturated carbocycles. The van der Waals surface area contributed by atoms with Crippen LogP contribution in [-0.4, -0.2) is 45.0 Å². The second-order valence-corrected chi connectivity index (χ2v) is 4.80. The topological polar surface area (TPSA) is 43.4 Å². The van der Waals surface area contributed by atoms with E-state index in [1.54, 1.807) is 7.11 Å². The summed E-state index contributed by atoms with van der Waals surface area (Å²) in [6.07, 6.45) is 5.89. The first-order chi connectivity index (χ1) is 8.87. The molecule has 2 rings (SSSR count). The van der Waals surface area contributed by atoms with Gasteiger partial charge in [0.15, 0.2) is 0 Å². The van der Waals surface area contributed by atoms with E-state index in [4.69, 9.17) is 9.47 Å². The van der Waals surface area contributed by atoms with E-state index in [1.807, 2.05) is 12.4 Å². The van der Waals surface area contributed by atoms with E-state index in [-0.39, 0.29) is 5.41 Å². The van der Waals surface area contributed by atoms with Crippen molar-refractivity contribution in [2.24, 2.45) is 0 Å². The van der Waals surface area contributed by atoms with E-state index < -0.39 is 0 Å². The van der Waals surface area contributed by atoms with Crippen LogP contribution in [0.2, 0.25) is 0 Å². The van der Waals surface area contributed by atoms with Gasteiger partial charge >= 0.3 is 0 Å². The Kier molecular flexibility index (Phi) is 5.11. The molecule has 18 heavy (non-hydrogen) atoms. The van der Waals surface area contributed by atoms with Crippen LogP contribution in [0.1, 0.15) is 18.4 Å². The van der Waals surface area contributed by atoms with E-state index in [9.17, 15) is 0 Å². The van der Waals surface area contributed by atoms with Crippen LogP contribution in [0.5, 0.6) is 0 Å². The van der Waals surface area contributed by atoms with Gasteiger partial charge in [-0.25, -0.2) is 0 Å². The maximum atomic E-state index is 5.51. The van der Waals surface area contributed by atoms with Gasteiger partial charge in [0.25, 0.3) is 0 Å². The number of nitrogens with zero attached hydrogens (tertiary/aromatic N) is 1. The summed E-state index contributed by atoms with van der Waals surface area (Å²) in [6, 6.07) is 4.26. The van der Waals surface area contributed by atoms with Crippen LogP contribution in [0.3, 0.4) is 0 Å². The van der Waals surface area contributed by atoms with Gasteiger partial charge in [0.2, 0.25) is 0 Å². The van der Waals surface area contributed by atoms with E-state index in [0.29, 0.717) is 0 Å². The minimum absolute atomic E-state index is 0.189. The van der Waals surface area contributed by atoms with E-state index in [0.717, 1.165) is 45.8 Å². The molecule has 0 unspecified atom stereocenters. The van der Waals surface area contributed by atoms with Crippen molar-refractivity contribution in [3.8, 4) is 0 Å². The van der Waals surface area contributed by atoms with Gasteiger partial charge in [0.1, 0.15) is 0 Å². The SMILES string of the molecule is COCCNCC1(c2ccncc2)CCOCC1. The third kappa shape index (κ3) is 3.28. The maximum Gasteiger partial charge on any atom is 0.0587 e. The molecule has 100 valence electrons. The molecule has 2 heterocycles. The Hall–Kier alpha value is -0.970. The number of methoxy groups -OCH3 is 1. The number of aromatic nitrogens is 1. The summed E-state index contributed by atoms with van der Waals surface area (Å²) < 4.78 is 10.6. The van der Waals surface area contributed by atoms with Crippen LogP contribution in [0.15, 0.2) is 24.5 Å². The third-order valence-electron chi connectivity index (χ3n) is 3.69. The number of pyridine rings is 1. The lowest BCUT2D eigenvalue weighted by Gasteiger charge is -2.38. The summed E-state index contributed by atoms with van der Waals surface area (Å²) in [4.78, 5) is 4.11. The zero-order valence-electron chi connectivity index (χ0n) is 11.0. The van der Waals surface area contributed by atoms with E-state index in [1.165, 1.54) is 5.56 Å². The molecule has 1 N–H and O–H groups in total. The van der Waals surface area contributed by atoms with Gasteiger partial charge in [-0.1, -0.05) is 0 Å². The molecule has 4 nitrogen and oxygen atoms in total. The largest absolute Gasteiger partial charge is 0.383 e. The number of hydrogen-bond acceptors (Lipinski definition) is 4. The Balaban J connectivity index is 2.03. The highest BCUT2D eigenvalue weighted by Gasteiger charge is 2.33. The predicted molar refractivity (Wildman–Crippen MR) is 70.7 cm³/mol. The van der Waals surface area contributed by atoms with Crippen molar-refractivity contribution in [2.75, 3.05) is 40.0 Å². The van der Waals surface area contributed by atoms with Gasteiger partial charge in [0, 0.05) is 51.2 Å². The predicted octanol–water partition coefficient (Wildman–Crippen LogP) is 1.37. The molecule has 0 aliphatic carbocycles. The van der Waals surface area contributed by atoms with Crippen molar-refractivity contribution >= 4 is 0 Å². The molecule has 0 radical (unpaired) electrons. The number of nitrogens with one attached hydrogen (secondary N) is 1. The number of rotatable bonds is 6. The summed E-state index contributed by atoms with van der Waals surface area (Å²) in [7, 11) is 1.73. The Labute approximate surface area is 109 Å². The van der Waals surface area contributed by atoms with Crippen LogP contribution in [-0.2, 0) is 14.9 Å². The molecular weight excluding hydrogens is 228 g/mol. The summed E-state index contributed by atoms with van der Waals surface area (Å²) in [5.41, 5.74) is 1.56. The minimum atomic E-state index is 0.189. The molecule has 1 aromatic heterocycles. The van der Waals surface area contributed by atoms with Crippen molar-refractivity contribution in [1.82, 2.24) is 10.3 Å². The molecule has 0 spiro atoms. The highest BCUT2D eigenvalue weighted by atomic mass is 16.5.